The van der Waals surface area contributed by atoms with Gasteiger partial charge in [0, 0.05) is 5.02 Å². The number of carbonyl (C=O) groups is 1. The molecular formula is C18H18ClF3N2O4S. The lowest BCUT2D eigenvalue weighted by Crippen LogP contribution is -2.37. The monoisotopic (exact) mass is 450 g/mol. The second kappa shape index (κ2) is 8.91. The van der Waals surface area contributed by atoms with E-state index < -0.39 is 39.9 Å². The van der Waals surface area contributed by atoms with Crippen LogP contribution < -0.4 is 14.4 Å². The fraction of sp³-hybridized carbons (Fsp3) is 0.278. The van der Waals surface area contributed by atoms with Crippen LogP contribution in [0.15, 0.2) is 42.5 Å². The number of nitrogens with zero attached hydrogens (tertiary/aromatic N) is 1. The largest absolute Gasteiger partial charge is 0.494 e. The zero-order valence-corrected chi connectivity index (χ0v) is 17.0. The first-order valence-corrected chi connectivity index (χ1v) is 10.5. The number of hydrogen-bond acceptors (Lipinski definition) is 4. The number of nitrogens with one attached hydrogen (secondary N) is 1. The van der Waals surface area contributed by atoms with Gasteiger partial charge in [-0.2, -0.15) is 13.2 Å². The molecule has 0 unspecified atom stereocenters. The Labute approximate surface area is 171 Å². The molecular weight excluding hydrogens is 433 g/mol. The number of benzene rings is 2. The molecule has 0 saturated heterocycles. The molecule has 11 heteroatoms. The molecule has 0 aliphatic heterocycles. The van der Waals surface area contributed by atoms with Gasteiger partial charge in [0.15, 0.2) is 0 Å². The van der Waals surface area contributed by atoms with Crippen molar-refractivity contribution >= 4 is 38.9 Å². The summed E-state index contributed by atoms with van der Waals surface area (Å²) in [4.78, 5) is 12.3. The lowest BCUT2D eigenvalue weighted by Gasteiger charge is -2.22. The molecule has 2 rings (SSSR count). The van der Waals surface area contributed by atoms with Crippen molar-refractivity contribution < 1.29 is 31.1 Å². The van der Waals surface area contributed by atoms with E-state index in [9.17, 15) is 26.4 Å². The highest BCUT2D eigenvalue weighted by molar-refractivity contribution is 7.92. The molecule has 0 heterocycles. The number of sulfonamides is 1. The van der Waals surface area contributed by atoms with Crippen LogP contribution in [0, 0.1) is 0 Å². The average Bonchev–Trinajstić information content (AvgIpc) is 2.60. The lowest BCUT2D eigenvalue weighted by molar-refractivity contribution is -0.137. The minimum absolute atomic E-state index is 0.150. The second-order valence-corrected chi connectivity index (χ2v) is 8.28. The molecule has 0 atom stereocenters. The molecule has 0 aliphatic rings. The molecule has 0 aliphatic carbocycles. The van der Waals surface area contributed by atoms with E-state index >= 15 is 0 Å². The fourth-order valence-corrected chi connectivity index (χ4v) is 3.48. The quantitative estimate of drug-likeness (QED) is 0.687. The number of amides is 1. The summed E-state index contributed by atoms with van der Waals surface area (Å²) in [6.45, 7) is 1.49. The first kappa shape index (κ1) is 22.8. The molecule has 1 amide bonds. The summed E-state index contributed by atoms with van der Waals surface area (Å²) in [5, 5.41) is 1.95. The van der Waals surface area contributed by atoms with Crippen molar-refractivity contribution in [3.05, 3.63) is 53.1 Å². The van der Waals surface area contributed by atoms with Crippen LogP contribution in [0.1, 0.15) is 12.5 Å². The van der Waals surface area contributed by atoms with Crippen LogP contribution in [0.5, 0.6) is 5.75 Å². The average molecular weight is 451 g/mol. The number of carbonyl (C=O) groups excluding carboxylic acids is 1. The molecule has 0 bridgehead atoms. The van der Waals surface area contributed by atoms with Crippen LogP contribution >= 0.6 is 11.6 Å². The maximum absolute atomic E-state index is 13.2. The van der Waals surface area contributed by atoms with Crippen molar-refractivity contribution in [3.63, 3.8) is 0 Å². The van der Waals surface area contributed by atoms with Crippen molar-refractivity contribution in [1.29, 1.82) is 0 Å². The van der Waals surface area contributed by atoms with Crippen LogP contribution in [0.4, 0.5) is 24.5 Å². The molecule has 0 spiro atoms. The molecule has 0 aromatic heterocycles. The van der Waals surface area contributed by atoms with Gasteiger partial charge in [-0.3, -0.25) is 9.10 Å². The standard InChI is InChI=1S/C18H18ClF3N2O4S/c1-3-28-14-7-5-13(6-8-14)24(29(2,26)27)11-17(25)23-16-9-4-12(19)10-15(16)18(20,21)22/h4-10H,3,11H2,1-2H3,(H,23,25). The Morgan fingerprint density at radius 3 is 2.31 bits per heavy atom. The maximum atomic E-state index is 13.2. The Bertz CT molecular complexity index is 980. The second-order valence-electron chi connectivity index (χ2n) is 5.93. The SMILES string of the molecule is CCOc1ccc(N(CC(=O)Nc2ccc(Cl)cc2C(F)(F)F)S(C)(=O)=O)cc1. The van der Waals surface area contributed by atoms with Crippen molar-refractivity contribution in [2.24, 2.45) is 0 Å². The summed E-state index contributed by atoms with van der Waals surface area (Å²) in [6.07, 6.45) is -3.86. The molecule has 0 radical (unpaired) electrons. The van der Waals surface area contributed by atoms with Crippen molar-refractivity contribution in [2.45, 2.75) is 13.1 Å². The number of rotatable bonds is 7. The van der Waals surface area contributed by atoms with Crippen LogP contribution in [0.25, 0.3) is 0 Å². The Balaban J connectivity index is 2.26. The van der Waals surface area contributed by atoms with E-state index in [1.807, 2.05) is 0 Å². The van der Waals surface area contributed by atoms with Crippen LogP contribution in [0.3, 0.4) is 0 Å². The Morgan fingerprint density at radius 2 is 1.79 bits per heavy atom. The number of halogens is 4. The molecule has 29 heavy (non-hydrogen) atoms. The van der Waals surface area contributed by atoms with Gasteiger partial charge in [0.2, 0.25) is 15.9 Å². The van der Waals surface area contributed by atoms with Gasteiger partial charge < -0.3 is 10.1 Å². The predicted octanol–water partition coefficient (Wildman–Crippen LogP) is 4.16. The van der Waals surface area contributed by atoms with Gasteiger partial charge in [-0.05, 0) is 49.4 Å². The predicted molar refractivity (Wildman–Crippen MR) is 105 cm³/mol. The molecule has 6 nitrogen and oxygen atoms in total. The fourth-order valence-electron chi connectivity index (χ4n) is 2.46. The van der Waals surface area contributed by atoms with Gasteiger partial charge in [-0.25, -0.2) is 8.42 Å². The number of hydrogen-bond donors (Lipinski definition) is 1. The third-order valence-corrected chi connectivity index (χ3v) is 5.06. The first-order valence-electron chi connectivity index (χ1n) is 8.29. The number of anilines is 2. The van der Waals surface area contributed by atoms with Gasteiger partial charge in [0.25, 0.3) is 0 Å². The Morgan fingerprint density at radius 1 is 1.17 bits per heavy atom. The summed E-state index contributed by atoms with van der Waals surface area (Å²) < 4.78 is 69.8. The minimum Gasteiger partial charge on any atom is -0.494 e. The Kier molecular flexibility index (Phi) is 7.02. The zero-order valence-electron chi connectivity index (χ0n) is 15.5. The summed E-state index contributed by atoms with van der Waals surface area (Å²) in [6, 6.07) is 8.78. The molecule has 2 aromatic carbocycles. The van der Waals surface area contributed by atoms with Crippen LogP contribution in [-0.2, 0) is 21.0 Å². The highest BCUT2D eigenvalue weighted by Crippen LogP contribution is 2.36. The van der Waals surface area contributed by atoms with E-state index in [1.54, 1.807) is 6.92 Å². The zero-order chi connectivity index (χ0) is 21.8. The minimum atomic E-state index is -4.75. The summed E-state index contributed by atoms with van der Waals surface area (Å²) in [5.41, 5.74) is -1.49. The summed E-state index contributed by atoms with van der Waals surface area (Å²) in [7, 11) is -3.89. The molecule has 1 N–H and O–H groups in total. The van der Waals surface area contributed by atoms with Gasteiger partial charge in [-0.1, -0.05) is 11.6 Å². The van der Waals surface area contributed by atoms with E-state index in [0.717, 1.165) is 16.6 Å². The van der Waals surface area contributed by atoms with Crippen molar-refractivity contribution in [2.75, 3.05) is 29.0 Å². The van der Waals surface area contributed by atoms with E-state index in [4.69, 9.17) is 16.3 Å². The number of ether oxygens (including phenoxy) is 1. The van der Waals surface area contributed by atoms with Gasteiger partial charge in [-0.15, -0.1) is 0 Å². The highest BCUT2D eigenvalue weighted by Gasteiger charge is 2.34. The summed E-state index contributed by atoms with van der Waals surface area (Å²) in [5.74, 6) is -0.442. The van der Waals surface area contributed by atoms with Crippen LogP contribution in [0.2, 0.25) is 5.02 Å². The number of alkyl halides is 3. The molecule has 0 saturated carbocycles. The van der Waals surface area contributed by atoms with E-state index in [0.29, 0.717) is 18.4 Å². The van der Waals surface area contributed by atoms with Gasteiger partial charge in [0.05, 0.1) is 29.8 Å². The summed E-state index contributed by atoms with van der Waals surface area (Å²) >= 11 is 5.61. The van der Waals surface area contributed by atoms with Crippen molar-refractivity contribution in [1.82, 2.24) is 0 Å². The van der Waals surface area contributed by atoms with E-state index in [1.165, 1.54) is 30.3 Å². The smallest absolute Gasteiger partial charge is 0.418 e. The topological polar surface area (TPSA) is 75.7 Å². The highest BCUT2D eigenvalue weighted by atomic mass is 35.5. The first-order chi connectivity index (χ1) is 13.4. The molecule has 158 valence electrons. The third kappa shape index (κ3) is 6.26. The lowest BCUT2D eigenvalue weighted by atomic mass is 10.1. The normalized spacial score (nSPS) is 11.8. The maximum Gasteiger partial charge on any atom is 0.418 e. The Hall–Kier alpha value is -2.46. The van der Waals surface area contributed by atoms with Gasteiger partial charge >= 0.3 is 6.18 Å². The third-order valence-electron chi connectivity index (χ3n) is 3.68. The van der Waals surface area contributed by atoms with E-state index in [-0.39, 0.29) is 10.7 Å². The molecule has 0 fully saturated rings. The van der Waals surface area contributed by atoms with Gasteiger partial charge in [0.1, 0.15) is 12.3 Å². The van der Waals surface area contributed by atoms with E-state index in [2.05, 4.69) is 5.32 Å². The van der Waals surface area contributed by atoms with Crippen LogP contribution in [-0.4, -0.2) is 33.7 Å². The molecule has 2 aromatic rings. The van der Waals surface area contributed by atoms with Crippen molar-refractivity contribution in [3.8, 4) is 5.75 Å².